The maximum absolute atomic E-state index is 2.36. The molecule has 0 aliphatic carbocycles. The van der Waals surface area contributed by atoms with Crippen molar-refractivity contribution in [1.82, 2.24) is 4.90 Å². The van der Waals surface area contributed by atoms with E-state index in [0.29, 0.717) is 6.04 Å². The van der Waals surface area contributed by atoms with E-state index in [-0.39, 0.29) is 0 Å². The van der Waals surface area contributed by atoms with Crippen LogP contribution >= 0.6 is 0 Å². The third-order valence-corrected chi connectivity index (χ3v) is 3.43. The van der Waals surface area contributed by atoms with E-state index in [1.165, 1.54) is 16.3 Å². The van der Waals surface area contributed by atoms with Crippen LogP contribution in [0.3, 0.4) is 0 Å². The Balaban J connectivity index is 2.52. The molecular weight excluding hydrogens is 194 g/mol. The summed E-state index contributed by atoms with van der Waals surface area (Å²) in [4.78, 5) is 2.36. The Morgan fingerprint density at radius 1 is 1.06 bits per heavy atom. The van der Waals surface area contributed by atoms with Crippen molar-refractivity contribution in [2.75, 3.05) is 13.6 Å². The van der Waals surface area contributed by atoms with Gasteiger partial charge in [0, 0.05) is 6.04 Å². The molecule has 1 atom stereocenters. The monoisotopic (exact) mass is 213 g/mol. The van der Waals surface area contributed by atoms with E-state index in [9.17, 15) is 0 Å². The lowest BCUT2D eigenvalue weighted by Crippen LogP contribution is -2.21. The van der Waals surface area contributed by atoms with Gasteiger partial charge < -0.3 is 0 Å². The highest BCUT2D eigenvalue weighted by Gasteiger charge is 2.12. The zero-order valence-corrected chi connectivity index (χ0v) is 10.3. The number of nitrogens with zero attached hydrogens (tertiary/aromatic N) is 1. The van der Waals surface area contributed by atoms with Crippen molar-refractivity contribution >= 4 is 10.8 Å². The van der Waals surface area contributed by atoms with E-state index in [1.54, 1.807) is 0 Å². The summed E-state index contributed by atoms with van der Waals surface area (Å²) in [6, 6.07) is 15.6. The van der Waals surface area contributed by atoms with Gasteiger partial charge in [0.15, 0.2) is 0 Å². The van der Waals surface area contributed by atoms with Crippen LogP contribution in [-0.4, -0.2) is 18.5 Å². The van der Waals surface area contributed by atoms with E-state index >= 15 is 0 Å². The van der Waals surface area contributed by atoms with E-state index in [0.717, 1.165) is 6.54 Å². The fourth-order valence-electron chi connectivity index (χ4n) is 2.13. The first kappa shape index (κ1) is 11.2. The molecule has 1 nitrogen and oxygen atoms in total. The summed E-state index contributed by atoms with van der Waals surface area (Å²) in [5.74, 6) is 0. The number of fused-ring (bicyclic) bond motifs is 1. The lowest BCUT2D eigenvalue weighted by Gasteiger charge is -2.24. The Morgan fingerprint density at radius 3 is 2.50 bits per heavy atom. The van der Waals surface area contributed by atoms with Gasteiger partial charge in [0.1, 0.15) is 0 Å². The molecule has 0 N–H and O–H groups in total. The van der Waals surface area contributed by atoms with E-state index < -0.39 is 0 Å². The van der Waals surface area contributed by atoms with Crippen molar-refractivity contribution in [2.24, 2.45) is 0 Å². The maximum atomic E-state index is 2.36. The van der Waals surface area contributed by atoms with Crippen LogP contribution in [0.5, 0.6) is 0 Å². The predicted molar refractivity (Wildman–Crippen MR) is 70.7 cm³/mol. The summed E-state index contributed by atoms with van der Waals surface area (Å²) in [6.07, 6.45) is 0. The van der Waals surface area contributed by atoms with Crippen LogP contribution in [0.25, 0.3) is 10.8 Å². The first-order valence-electron chi connectivity index (χ1n) is 5.92. The molecule has 0 spiro atoms. The van der Waals surface area contributed by atoms with Crippen LogP contribution < -0.4 is 0 Å². The summed E-state index contributed by atoms with van der Waals surface area (Å²) >= 11 is 0. The summed E-state index contributed by atoms with van der Waals surface area (Å²) in [6.45, 7) is 5.54. The van der Waals surface area contributed by atoms with Crippen molar-refractivity contribution in [2.45, 2.75) is 19.9 Å². The van der Waals surface area contributed by atoms with Gasteiger partial charge in [-0.2, -0.15) is 0 Å². The summed E-state index contributed by atoms with van der Waals surface area (Å²) in [5, 5.41) is 2.70. The Hall–Kier alpha value is -1.34. The molecule has 1 heteroatoms. The highest BCUT2D eigenvalue weighted by atomic mass is 15.1. The molecule has 0 heterocycles. The lowest BCUT2D eigenvalue weighted by atomic mass is 9.99. The Kier molecular flexibility index (Phi) is 3.25. The molecule has 2 aromatic carbocycles. The minimum absolute atomic E-state index is 0.469. The second-order valence-electron chi connectivity index (χ2n) is 4.32. The molecule has 0 radical (unpaired) electrons. The second-order valence-corrected chi connectivity index (χ2v) is 4.32. The third-order valence-electron chi connectivity index (χ3n) is 3.43. The van der Waals surface area contributed by atoms with E-state index in [4.69, 9.17) is 0 Å². The molecule has 2 aromatic rings. The average Bonchev–Trinajstić information content (AvgIpc) is 2.36. The van der Waals surface area contributed by atoms with Crippen molar-refractivity contribution in [3.63, 3.8) is 0 Å². The van der Waals surface area contributed by atoms with Gasteiger partial charge in [0.05, 0.1) is 0 Å². The Labute approximate surface area is 97.7 Å². The van der Waals surface area contributed by atoms with Gasteiger partial charge in [-0.3, -0.25) is 4.90 Å². The van der Waals surface area contributed by atoms with Crippen LogP contribution in [0.1, 0.15) is 25.5 Å². The topological polar surface area (TPSA) is 3.24 Å². The van der Waals surface area contributed by atoms with Gasteiger partial charge >= 0.3 is 0 Å². The summed E-state index contributed by atoms with van der Waals surface area (Å²) < 4.78 is 0. The van der Waals surface area contributed by atoms with Crippen LogP contribution in [0.15, 0.2) is 42.5 Å². The highest BCUT2D eigenvalue weighted by Crippen LogP contribution is 2.26. The zero-order valence-electron chi connectivity index (χ0n) is 10.3. The average molecular weight is 213 g/mol. The minimum Gasteiger partial charge on any atom is -0.300 e. The SMILES string of the molecule is CCN(C)[C@H](C)c1cccc2ccccc12. The Morgan fingerprint density at radius 2 is 1.75 bits per heavy atom. The normalized spacial score (nSPS) is 13.2. The number of hydrogen-bond acceptors (Lipinski definition) is 1. The van der Waals surface area contributed by atoms with Crippen LogP contribution in [0.2, 0.25) is 0 Å². The third kappa shape index (κ3) is 1.96. The van der Waals surface area contributed by atoms with Gasteiger partial charge in [-0.05, 0) is 36.9 Å². The lowest BCUT2D eigenvalue weighted by molar-refractivity contribution is 0.277. The van der Waals surface area contributed by atoms with Crippen LogP contribution in [0, 0.1) is 0 Å². The molecule has 0 aliphatic rings. The van der Waals surface area contributed by atoms with Crippen molar-refractivity contribution in [3.8, 4) is 0 Å². The quantitative estimate of drug-likeness (QED) is 0.748. The van der Waals surface area contributed by atoms with Gasteiger partial charge in [-0.25, -0.2) is 0 Å². The predicted octanol–water partition coefficient (Wildman–Crippen LogP) is 3.85. The van der Waals surface area contributed by atoms with Crippen molar-refractivity contribution < 1.29 is 0 Å². The van der Waals surface area contributed by atoms with Gasteiger partial charge in [-0.1, -0.05) is 49.4 Å². The molecule has 84 valence electrons. The molecule has 0 saturated heterocycles. The first-order valence-corrected chi connectivity index (χ1v) is 5.92. The molecule has 0 amide bonds. The molecule has 2 rings (SSSR count). The molecule has 0 unspecified atom stereocenters. The summed E-state index contributed by atoms with van der Waals surface area (Å²) in [5.41, 5.74) is 1.42. The fourth-order valence-corrected chi connectivity index (χ4v) is 2.13. The Bertz CT molecular complexity index is 470. The van der Waals surface area contributed by atoms with E-state index in [2.05, 4.69) is 68.3 Å². The molecule has 0 bridgehead atoms. The number of benzene rings is 2. The molecule has 0 aliphatic heterocycles. The van der Waals surface area contributed by atoms with Gasteiger partial charge in [0.25, 0.3) is 0 Å². The standard InChI is InChI=1S/C15H19N/c1-4-16(3)12(2)14-11-7-9-13-8-5-6-10-15(13)14/h5-12H,4H2,1-3H3/t12-/m1/s1. The molecule has 16 heavy (non-hydrogen) atoms. The maximum Gasteiger partial charge on any atom is 0.0322 e. The van der Waals surface area contributed by atoms with Crippen molar-refractivity contribution in [1.29, 1.82) is 0 Å². The van der Waals surface area contributed by atoms with Crippen LogP contribution in [0.4, 0.5) is 0 Å². The molecule has 0 fully saturated rings. The summed E-state index contributed by atoms with van der Waals surface area (Å²) in [7, 11) is 2.17. The molecule has 0 saturated carbocycles. The zero-order chi connectivity index (χ0) is 11.5. The van der Waals surface area contributed by atoms with Crippen LogP contribution in [-0.2, 0) is 0 Å². The first-order chi connectivity index (χ1) is 7.74. The number of rotatable bonds is 3. The molecular formula is C15H19N. The van der Waals surface area contributed by atoms with Gasteiger partial charge in [0.2, 0.25) is 0 Å². The van der Waals surface area contributed by atoms with E-state index in [1.807, 2.05) is 0 Å². The minimum atomic E-state index is 0.469. The smallest absolute Gasteiger partial charge is 0.0322 e. The molecule has 0 aromatic heterocycles. The fraction of sp³-hybridized carbons (Fsp3) is 0.333. The largest absolute Gasteiger partial charge is 0.300 e. The second kappa shape index (κ2) is 4.67. The van der Waals surface area contributed by atoms with Crippen molar-refractivity contribution in [3.05, 3.63) is 48.0 Å². The van der Waals surface area contributed by atoms with Gasteiger partial charge in [-0.15, -0.1) is 0 Å². The highest BCUT2D eigenvalue weighted by molar-refractivity contribution is 5.86. The number of hydrogen-bond donors (Lipinski definition) is 0.